The minimum absolute atomic E-state index is 0.176. The number of anilines is 1. The fraction of sp³-hybridized carbons (Fsp3) is 0.562. The summed E-state index contributed by atoms with van der Waals surface area (Å²) in [5.74, 6) is 0.176. The number of aryl methyl sites for hydroxylation is 1. The highest BCUT2D eigenvalue weighted by Crippen LogP contribution is 2.28. The van der Waals surface area contributed by atoms with Crippen molar-refractivity contribution in [2.24, 2.45) is 10.9 Å². The maximum Gasteiger partial charge on any atom is 0.170 e. The molecule has 2 rings (SSSR count). The van der Waals surface area contributed by atoms with E-state index < -0.39 is 0 Å². The molecular formula is C16H25N3O. The van der Waals surface area contributed by atoms with E-state index in [9.17, 15) is 0 Å². The summed E-state index contributed by atoms with van der Waals surface area (Å²) in [5.41, 5.74) is 8.78. The molecule has 1 fully saturated rings. The van der Waals surface area contributed by atoms with Crippen LogP contribution in [0.3, 0.4) is 0 Å². The minimum atomic E-state index is 0.176. The summed E-state index contributed by atoms with van der Waals surface area (Å²) < 4.78 is 0. The molecule has 1 aliphatic carbocycles. The Balaban J connectivity index is 2.24. The van der Waals surface area contributed by atoms with E-state index in [0.29, 0.717) is 6.04 Å². The largest absolute Gasteiger partial charge is 0.409 e. The predicted octanol–water partition coefficient (Wildman–Crippen LogP) is 3.25. The smallest absolute Gasteiger partial charge is 0.170 e. The topological polar surface area (TPSA) is 61.8 Å². The Kier molecular flexibility index (Phi) is 4.88. The molecule has 0 radical (unpaired) electrons. The van der Waals surface area contributed by atoms with Crippen LogP contribution in [-0.4, -0.2) is 23.6 Å². The molecule has 1 aliphatic rings. The second-order valence-electron chi connectivity index (χ2n) is 5.56. The maximum atomic E-state index is 8.79. The SMILES string of the molecule is CCN(c1ccc(/C(N)=N/O)c(C)c1)C1CCCCC1. The Morgan fingerprint density at radius 1 is 1.35 bits per heavy atom. The minimum Gasteiger partial charge on any atom is -0.409 e. The summed E-state index contributed by atoms with van der Waals surface area (Å²) in [6, 6.07) is 6.83. The molecule has 4 heteroatoms. The van der Waals surface area contributed by atoms with Gasteiger partial charge in [0.15, 0.2) is 5.84 Å². The Hall–Kier alpha value is -1.71. The fourth-order valence-corrected chi connectivity index (χ4v) is 3.21. The lowest BCUT2D eigenvalue weighted by Gasteiger charge is -2.35. The van der Waals surface area contributed by atoms with E-state index in [4.69, 9.17) is 10.9 Å². The van der Waals surface area contributed by atoms with Gasteiger partial charge in [-0.05, 0) is 50.5 Å². The van der Waals surface area contributed by atoms with Crippen molar-refractivity contribution >= 4 is 11.5 Å². The first-order valence-electron chi connectivity index (χ1n) is 7.52. The van der Waals surface area contributed by atoms with Crippen LogP contribution in [0, 0.1) is 6.92 Å². The standard InChI is InChI=1S/C16H25N3O/c1-3-19(13-7-5-4-6-8-13)14-9-10-15(12(2)11-14)16(17)18-20/h9-11,13,20H,3-8H2,1-2H3,(H2,17,18). The molecule has 0 amide bonds. The van der Waals surface area contributed by atoms with Crippen molar-refractivity contribution in [3.05, 3.63) is 29.3 Å². The van der Waals surface area contributed by atoms with E-state index in [0.717, 1.165) is 17.7 Å². The number of nitrogens with zero attached hydrogens (tertiary/aromatic N) is 2. The van der Waals surface area contributed by atoms with Crippen molar-refractivity contribution < 1.29 is 5.21 Å². The molecule has 0 aliphatic heterocycles. The molecule has 0 heterocycles. The summed E-state index contributed by atoms with van der Waals surface area (Å²) in [6.07, 6.45) is 6.62. The van der Waals surface area contributed by atoms with Crippen molar-refractivity contribution in [1.29, 1.82) is 0 Å². The third-order valence-corrected chi connectivity index (χ3v) is 4.28. The third kappa shape index (κ3) is 3.06. The van der Waals surface area contributed by atoms with Crippen LogP contribution in [0.4, 0.5) is 5.69 Å². The van der Waals surface area contributed by atoms with Crippen molar-refractivity contribution in [1.82, 2.24) is 0 Å². The van der Waals surface area contributed by atoms with Gasteiger partial charge in [-0.3, -0.25) is 0 Å². The van der Waals surface area contributed by atoms with Gasteiger partial charge in [0.2, 0.25) is 0 Å². The van der Waals surface area contributed by atoms with Gasteiger partial charge in [0.05, 0.1) is 0 Å². The van der Waals surface area contributed by atoms with E-state index in [1.807, 2.05) is 13.0 Å². The van der Waals surface area contributed by atoms with Gasteiger partial charge < -0.3 is 15.8 Å². The average molecular weight is 275 g/mol. The number of nitrogens with two attached hydrogens (primary N) is 1. The van der Waals surface area contributed by atoms with Crippen LogP contribution in [0.15, 0.2) is 23.4 Å². The highest BCUT2D eigenvalue weighted by molar-refractivity contribution is 5.98. The van der Waals surface area contributed by atoms with E-state index in [2.05, 4.69) is 29.1 Å². The van der Waals surface area contributed by atoms with Gasteiger partial charge >= 0.3 is 0 Å². The Morgan fingerprint density at radius 3 is 2.60 bits per heavy atom. The number of hydrogen-bond donors (Lipinski definition) is 2. The first-order chi connectivity index (χ1) is 9.67. The van der Waals surface area contributed by atoms with Gasteiger partial charge in [-0.15, -0.1) is 0 Å². The lowest BCUT2D eigenvalue weighted by atomic mass is 9.93. The fourth-order valence-electron chi connectivity index (χ4n) is 3.21. The van der Waals surface area contributed by atoms with Crippen molar-refractivity contribution in [3.8, 4) is 0 Å². The van der Waals surface area contributed by atoms with Gasteiger partial charge in [0, 0.05) is 23.8 Å². The van der Waals surface area contributed by atoms with Gasteiger partial charge in [0.25, 0.3) is 0 Å². The second kappa shape index (κ2) is 6.64. The van der Waals surface area contributed by atoms with Crippen molar-refractivity contribution in [3.63, 3.8) is 0 Å². The third-order valence-electron chi connectivity index (χ3n) is 4.28. The van der Waals surface area contributed by atoms with Crippen LogP contribution in [-0.2, 0) is 0 Å². The molecule has 3 N–H and O–H groups in total. The number of amidine groups is 1. The van der Waals surface area contributed by atoms with Gasteiger partial charge in [-0.25, -0.2) is 0 Å². The van der Waals surface area contributed by atoms with Gasteiger partial charge in [-0.2, -0.15) is 0 Å². The first kappa shape index (κ1) is 14.7. The molecule has 4 nitrogen and oxygen atoms in total. The lowest BCUT2D eigenvalue weighted by Crippen LogP contribution is -2.36. The van der Waals surface area contributed by atoms with Crippen molar-refractivity contribution in [2.45, 2.75) is 52.0 Å². The summed E-state index contributed by atoms with van der Waals surface area (Å²) in [4.78, 5) is 2.49. The van der Waals surface area contributed by atoms with Crippen LogP contribution in [0.2, 0.25) is 0 Å². The quantitative estimate of drug-likeness (QED) is 0.384. The predicted molar refractivity (Wildman–Crippen MR) is 83.6 cm³/mol. The zero-order valence-electron chi connectivity index (χ0n) is 12.5. The van der Waals surface area contributed by atoms with Crippen molar-refractivity contribution in [2.75, 3.05) is 11.4 Å². The Bertz CT molecular complexity index is 479. The maximum absolute atomic E-state index is 8.79. The summed E-state index contributed by atoms with van der Waals surface area (Å²) in [5, 5.41) is 11.9. The molecular weight excluding hydrogens is 250 g/mol. The summed E-state index contributed by atoms with van der Waals surface area (Å²) in [6.45, 7) is 5.24. The Labute approximate surface area is 121 Å². The summed E-state index contributed by atoms with van der Waals surface area (Å²) in [7, 11) is 0. The van der Waals surface area contributed by atoms with E-state index >= 15 is 0 Å². The average Bonchev–Trinajstić information content (AvgIpc) is 2.48. The number of benzene rings is 1. The highest BCUT2D eigenvalue weighted by Gasteiger charge is 2.20. The Morgan fingerprint density at radius 2 is 2.05 bits per heavy atom. The van der Waals surface area contributed by atoms with Crippen LogP contribution < -0.4 is 10.6 Å². The monoisotopic (exact) mass is 275 g/mol. The van der Waals surface area contributed by atoms with Gasteiger partial charge in [-0.1, -0.05) is 24.4 Å². The molecule has 0 saturated heterocycles. The molecule has 0 aromatic heterocycles. The molecule has 0 unspecified atom stereocenters. The van der Waals surface area contributed by atoms with Gasteiger partial charge in [0.1, 0.15) is 0 Å². The normalized spacial score (nSPS) is 17.2. The molecule has 20 heavy (non-hydrogen) atoms. The van der Waals surface area contributed by atoms with E-state index in [1.165, 1.54) is 37.8 Å². The zero-order valence-corrected chi connectivity index (χ0v) is 12.5. The molecule has 110 valence electrons. The number of rotatable bonds is 4. The number of hydrogen-bond acceptors (Lipinski definition) is 3. The second-order valence-corrected chi connectivity index (χ2v) is 5.56. The van der Waals surface area contributed by atoms with Crippen LogP contribution >= 0.6 is 0 Å². The van der Waals surface area contributed by atoms with Crippen LogP contribution in [0.1, 0.15) is 50.2 Å². The molecule has 0 atom stereocenters. The first-order valence-corrected chi connectivity index (χ1v) is 7.52. The molecule has 1 aromatic carbocycles. The molecule has 0 bridgehead atoms. The van der Waals surface area contributed by atoms with Crippen LogP contribution in [0.5, 0.6) is 0 Å². The van der Waals surface area contributed by atoms with E-state index in [1.54, 1.807) is 0 Å². The summed E-state index contributed by atoms with van der Waals surface area (Å²) >= 11 is 0. The zero-order chi connectivity index (χ0) is 14.5. The van der Waals surface area contributed by atoms with E-state index in [-0.39, 0.29) is 5.84 Å². The molecule has 0 spiro atoms. The lowest BCUT2D eigenvalue weighted by molar-refractivity contribution is 0.318. The molecule has 1 saturated carbocycles. The number of oxime groups is 1. The highest BCUT2D eigenvalue weighted by atomic mass is 16.4. The van der Waals surface area contributed by atoms with Crippen LogP contribution in [0.25, 0.3) is 0 Å². The molecule has 1 aromatic rings.